The number of methoxy groups -OCH3 is 1. The van der Waals surface area contributed by atoms with Gasteiger partial charge in [-0.3, -0.25) is 4.79 Å². The van der Waals surface area contributed by atoms with E-state index in [4.69, 9.17) is 25.8 Å². The minimum absolute atomic E-state index is 0. The van der Waals surface area contributed by atoms with Crippen molar-refractivity contribution in [3.63, 3.8) is 0 Å². The quantitative estimate of drug-likeness (QED) is 0.287. The molecule has 0 aliphatic carbocycles. The molecule has 1 aliphatic heterocycles. The zero-order valence-corrected chi connectivity index (χ0v) is 23.9. The summed E-state index contributed by atoms with van der Waals surface area (Å²) in [6, 6.07) is 11.6. The summed E-state index contributed by atoms with van der Waals surface area (Å²) in [5.74, 6) is -1.25. The second-order valence-electron chi connectivity index (χ2n) is 8.60. The van der Waals surface area contributed by atoms with Gasteiger partial charge in [0, 0.05) is 41.1 Å². The van der Waals surface area contributed by atoms with Crippen LogP contribution in [0, 0.1) is 0 Å². The fraction of sp³-hybridized carbons (Fsp3) is 0.296. The Morgan fingerprint density at radius 3 is 2.51 bits per heavy atom. The first-order valence-electron chi connectivity index (χ1n) is 11.7. The number of halogens is 4. The monoisotopic (exact) mass is 571 g/mol. The van der Waals surface area contributed by atoms with Gasteiger partial charge in [-0.2, -0.15) is 13.2 Å². The third-order valence-corrected chi connectivity index (χ3v) is 6.36. The molecule has 0 saturated heterocycles. The first-order chi connectivity index (χ1) is 18.1. The van der Waals surface area contributed by atoms with Crippen molar-refractivity contribution >= 4 is 23.4 Å². The van der Waals surface area contributed by atoms with Crippen molar-refractivity contribution in [3.05, 3.63) is 75.9 Å². The third-order valence-electron chi connectivity index (χ3n) is 6.07. The number of carbonyl (C=O) groups is 2. The average molecular weight is 572 g/mol. The third kappa shape index (κ3) is 7.45. The van der Waals surface area contributed by atoms with Crippen LogP contribution in [0.1, 0.15) is 52.4 Å². The topological polar surface area (TPSA) is 97.8 Å². The molecule has 200 valence electrons. The van der Waals surface area contributed by atoms with E-state index in [1.54, 1.807) is 24.3 Å². The van der Waals surface area contributed by atoms with Gasteiger partial charge in [-0.1, -0.05) is 17.7 Å². The van der Waals surface area contributed by atoms with Crippen molar-refractivity contribution in [2.75, 3.05) is 13.7 Å². The molecule has 1 atom stereocenters. The minimum atomic E-state index is -4.57. The summed E-state index contributed by atoms with van der Waals surface area (Å²) in [5.41, 5.74) is 0.308. The van der Waals surface area contributed by atoms with E-state index in [2.05, 4.69) is 4.98 Å². The van der Waals surface area contributed by atoms with E-state index in [1.807, 2.05) is 0 Å². The zero-order chi connectivity index (χ0) is 27.4. The summed E-state index contributed by atoms with van der Waals surface area (Å²) < 4.78 is 54.9. The van der Waals surface area contributed by atoms with E-state index >= 15 is 0 Å². The van der Waals surface area contributed by atoms with E-state index < -0.39 is 23.8 Å². The summed E-state index contributed by atoms with van der Waals surface area (Å²) in [5, 5.41) is 11.6. The van der Waals surface area contributed by atoms with Gasteiger partial charge in [0.25, 0.3) is 0 Å². The second-order valence-corrected chi connectivity index (χ2v) is 9.00. The Hall–Kier alpha value is -2.79. The number of ether oxygens (including phenoxy) is 3. The number of nitrogens with zero attached hydrogens (tertiary/aromatic N) is 1. The maximum absolute atomic E-state index is 12.9. The summed E-state index contributed by atoms with van der Waals surface area (Å²) >= 11 is 6.31. The van der Waals surface area contributed by atoms with E-state index in [0.29, 0.717) is 41.0 Å². The Kier molecular flexibility index (Phi) is 10.3. The molecule has 0 N–H and O–H groups in total. The van der Waals surface area contributed by atoms with E-state index in [0.717, 1.165) is 6.07 Å². The standard InChI is InChI=1S/C27H23ClF3NO6.Na/c1-36-25-16(7-10-24(32-25)27(29,30)31)3-2-4-21(33)15-5-8-17(9-6-15)38-23-14-22-19(13-20(23)28)18(26(34)35)11-12-37-22;/h5-10,13-14,18H,2-4,11-12H2,1H3,(H,34,35);/q;+1/p-1. The molecule has 39 heavy (non-hydrogen) atoms. The molecule has 2 aromatic carbocycles. The first kappa shape index (κ1) is 30.7. The average Bonchev–Trinajstić information content (AvgIpc) is 2.88. The van der Waals surface area contributed by atoms with Crippen molar-refractivity contribution in [1.29, 1.82) is 0 Å². The molecule has 1 unspecified atom stereocenters. The fourth-order valence-electron chi connectivity index (χ4n) is 4.13. The molecule has 1 aromatic heterocycles. The predicted molar refractivity (Wildman–Crippen MR) is 129 cm³/mol. The van der Waals surface area contributed by atoms with Crippen molar-refractivity contribution in [1.82, 2.24) is 4.98 Å². The zero-order valence-electron chi connectivity index (χ0n) is 21.1. The fourth-order valence-corrected chi connectivity index (χ4v) is 4.34. The van der Waals surface area contributed by atoms with Gasteiger partial charge in [-0.15, -0.1) is 0 Å². The number of alkyl halides is 3. The molecule has 0 amide bonds. The molecule has 0 spiro atoms. The second kappa shape index (κ2) is 13.0. The number of aliphatic carboxylic acids is 1. The number of carbonyl (C=O) groups excluding carboxylic acids is 2. The van der Waals surface area contributed by atoms with Crippen LogP contribution in [0.25, 0.3) is 0 Å². The van der Waals surface area contributed by atoms with E-state index in [-0.39, 0.29) is 71.4 Å². The largest absolute Gasteiger partial charge is 1.00 e. The molecule has 0 fully saturated rings. The van der Waals surface area contributed by atoms with Gasteiger partial charge in [0.15, 0.2) is 5.78 Å². The van der Waals surface area contributed by atoms with Gasteiger partial charge >= 0.3 is 35.7 Å². The van der Waals surface area contributed by atoms with Gasteiger partial charge in [-0.05, 0) is 55.7 Å². The molecule has 0 radical (unpaired) electrons. The molecular formula is C27H22ClF3NNaO6. The van der Waals surface area contributed by atoms with Crippen LogP contribution in [0.4, 0.5) is 13.2 Å². The van der Waals surface area contributed by atoms with Gasteiger partial charge in [0.05, 0.1) is 18.7 Å². The molecule has 0 bridgehead atoms. The number of rotatable bonds is 9. The van der Waals surface area contributed by atoms with Crippen molar-refractivity contribution in [2.24, 2.45) is 0 Å². The first-order valence-corrected chi connectivity index (χ1v) is 12.0. The van der Waals surface area contributed by atoms with Crippen LogP contribution in [0.3, 0.4) is 0 Å². The normalized spacial score (nSPS) is 14.4. The van der Waals surface area contributed by atoms with E-state index in [9.17, 15) is 27.9 Å². The van der Waals surface area contributed by atoms with Gasteiger partial charge in [0.1, 0.15) is 22.9 Å². The maximum atomic E-state index is 12.9. The predicted octanol–water partition coefficient (Wildman–Crippen LogP) is 2.38. The molecule has 2 heterocycles. The van der Waals surface area contributed by atoms with Crippen LogP contribution < -0.4 is 48.9 Å². The number of carboxylic acid groups (broad SMARTS) is 1. The molecule has 1 aliphatic rings. The van der Waals surface area contributed by atoms with Gasteiger partial charge in [0.2, 0.25) is 5.88 Å². The van der Waals surface area contributed by atoms with Crippen LogP contribution in [0.2, 0.25) is 5.02 Å². The number of pyridine rings is 1. The van der Waals surface area contributed by atoms with Crippen LogP contribution in [0.5, 0.6) is 23.1 Å². The van der Waals surface area contributed by atoms with Gasteiger partial charge in [-0.25, -0.2) is 4.98 Å². The SMILES string of the molecule is COc1nc(C(F)(F)F)ccc1CCCC(=O)c1ccc(Oc2cc3c(cc2Cl)C(C(=O)[O-])CCO3)cc1.[Na+]. The summed E-state index contributed by atoms with van der Waals surface area (Å²) in [7, 11) is 1.25. The Balaban J connectivity index is 0.00000420. The van der Waals surface area contributed by atoms with Gasteiger partial charge < -0.3 is 24.1 Å². The number of hydrogen-bond donors (Lipinski definition) is 0. The number of carboxylic acids is 1. The Morgan fingerprint density at radius 1 is 1.15 bits per heavy atom. The number of benzene rings is 2. The number of hydrogen-bond acceptors (Lipinski definition) is 7. The number of Topliss-reactive ketones (excluding diaryl/α,β-unsaturated/α-hetero) is 1. The van der Waals surface area contributed by atoms with Crippen molar-refractivity contribution in [2.45, 2.75) is 37.8 Å². The molecule has 3 aromatic rings. The minimum Gasteiger partial charge on any atom is -0.549 e. The van der Waals surface area contributed by atoms with E-state index in [1.165, 1.54) is 25.3 Å². The van der Waals surface area contributed by atoms with Crippen LogP contribution >= 0.6 is 11.6 Å². The smallest absolute Gasteiger partial charge is 0.549 e. The molecule has 12 heteroatoms. The number of aromatic nitrogens is 1. The number of aryl methyl sites for hydroxylation is 1. The van der Waals surface area contributed by atoms with Crippen LogP contribution in [-0.4, -0.2) is 30.5 Å². The molecule has 4 rings (SSSR count). The Labute approximate surface area is 249 Å². The van der Waals surface area contributed by atoms with Crippen molar-refractivity contribution < 1.29 is 71.6 Å². The Bertz CT molecular complexity index is 1350. The summed E-state index contributed by atoms with van der Waals surface area (Å²) in [6.07, 6.45) is -3.41. The Morgan fingerprint density at radius 2 is 1.87 bits per heavy atom. The van der Waals surface area contributed by atoms with Crippen LogP contribution in [0.15, 0.2) is 48.5 Å². The number of fused-ring (bicyclic) bond motifs is 1. The molecular weight excluding hydrogens is 550 g/mol. The molecule has 7 nitrogen and oxygen atoms in total. The molecule has 0 saturated carbocycles. The number of ketones is 1. The van der Waals surface area contributed by atoms with Crippen molar-refractivity contribution in [3.8, 4) is 23.1 Å². The maximum Gasteiger partial charge on any atom is 1.00 e. The summed E-state index contributed by atoms with van der Waals surface area (Å²) in [6.45, 7) is 0.228. The summed E-state index contributed by atoms with van der Waals surface area (Å²) in [4.78, 5) is 27.5. The van der Waals surface area contributed by atoms with Crippen LogP contribution in [-0.2, 0) is 17.4 Å².